The van der Waals surface area contributed by atoms with Crippen LogP contribution in [0.25, 0.3) is 10.9 Å². The second-order valence-electron chi connectivity index (χ2n) is 5.75. The highest BCUT2D eigenvalue weighted by molar-refractivity contribution is 5.85. The molecule has 1 aromatic heterocycles. The molecule has 3 nitrogen and oxygen atoms in total. The van der Waals surface area contributed by atoms with Crippen LogP contribution in [0, 0.1) is 11.6 Å². The molecule has 0 spiro atoms. The summed E-state index contributed by atoms with van der Waals surface area (Å²) in [6.45, 7) is 8.08. The van der Waals surface area contributed by atoms with Crippen molar-refractivity contribution in [2.24, 2.45) is 0 Å². The van der Waals surface area contributed by atoms with E-state index >= 15 is 0 Å². The van der Waals surface area contributed by atoms with E-state index in [-0.39, 0.29) is 17.9 Å². The highest BCUT2D eigenvalue weighted by Crippen LogP contribution is 2.22. The van der Waals surface area contributed by atoms with Gasteiger partial charge in [0.15, 0.2) is 5.82 Å². The first-order chi connectivity index (χ1) is 10.0. The van der Waals surface area contributed by atoms with Crippen molar-refractivity contribution in [2.75, 3.05) is 31.1 Å². The topological polar surface area (TPSA) is 19.4 Å². The van der Waals surface area contributed by atoms with E-state index < -0.39 is 11.6 Å². The van der Waals surface area contributed by atoms with Crippen LogP contribution in [0.4, 0.5) is 14.6 Å². The molecule has 0 unspecified atom stereocenters. The molecular weight excluding hydrogens is 308 g/mol. The van der Waals surface area contributed by atoms with Crippen LogP contribution in [-0.2, 0) is 0 Å². The number of pyridine rings is 1. The maximum absolute atomic E-state index is 13.8. The number of anilines is 1. The number of aromatic nitrogens is 1. The highest BCUT2D eigenvalue weighted by atomic mass is 35.5. The fourth-order valence-corrected chi connectivity index (χ4v) is 2.79. The van der Waals surface area contributed by atoms with Crippen LogP contribution in [0.3, 0.4) is 0 Å². The van der Waals surface area contributed by atoms with Gasteiger partial charge in [-0.2, -0.15) is 0 Å². The molecule has 120 valence electrons. The van der Waals surface area contributed by atoms with E-state index in [1.807, 2.05) is 6.07 Å². The van der Waals surface area contributed by atoms with Crippen molar-refractivity contribution in [1.82, 2.24) is 9.88 Å². The zero-order valence-corrected chi connectivity index (χ0v) is 13.5. The molecule has 1 aromatic carbocycles. The lowest BCUT2D eigenvalue weighted by molar-refractivity contribution is 0.209. The van der Waals surface area contributed by atoms with Crippen molar-refractivity contribution in [3.63, 3.8) is 0 Å². The number of nitrogens with zero attached hydrogens (tertiary/aromatic N) is 3. The molecule has 0 aliphatic carbocycles. The van der Waals surface area contributed by atoms with Gasteiger partial charge in [0.1, 0.15) is 17.2 Å². The number of benzene rings is 1. The fraction of sp³-hybridized carbons (Fsp3) is 0.438. The predicted octanol–water partition coefficient (Wildman–Crippen LogP) is 3.47. The Kier molecular flexibility index (Phi) is 5.19. The minimum atomic E-state index is -0.604. The third-order valence-corrected chi connectivity index (χ3v) is 4.06. The summed E-state index contributed by atoms with van der Waals surface area (Å²) in [5.41, 5.74) is 0.236. The minimum absolute atomic E-state index is 0. The number of hydrogen-bond acceptors (Lipinski definition) is 3. The average molecular weight is 328 g/mol. The van der Waals surface area contributed by atoms with Crippen LogP contribution in [-0.4, -0.2) is 42.1 Å². The molecule has 2 heterocycles. The minimum Gasteiger partial charge on any atom is -0.354 e. The van der Waals surface area contributed by atoms with Crippen molar-refractivity contribution < 1.29 is 8.78 Å². The van der Waals surface area contributed by atoms with Crippen LogP contribution in [0.2, 0.25) is 0 Å². The smallest absolute Gasteiger partial charge is 0.152 e. The molecule has 1 saturated heterocycles. The molecule has 2 aromatic rings. The second-order valence-corrected chi connectivity index (χ2v) is 5.75. The Morgan fingerprint density at radius 1 is 1.05 bits per heavy atom. The molecule has 3 rings (SSSR count). The second kappa shape index (κ2) is 6.75. The van der Waals surface area contributed by atoms with Crippen molar-refractivity contribution in [1.29, 1.82) is 0 Å². The summed E-state index contributed by atoms with van der Waals surface area (Å²) in [5.74, 6) is -0.413. The van der Waals surface area contributed by atoms with E-state index in [4.69, 9.17) is 0 Å². The molecule has 6 heteroatoms. The summed E-state index contributed by atoms with van der Waals surface area (Å²) in [4.78, 5) is 8.94. The Morgan fingerprint density at radius 3 is 2.36 bits per heavy atom. The lowest BCUT2D eigenvalue weighted by Gasteiger charge is -2.37. The summed E-state index contributed by atoms with van der Waals surface area (Å²) in [5, 5.41) is 0.497. The van der Waals surface area contributed by atoms with Gasteiger partial charge in [-0.25, -0.2) is 13.8 Å². The maximum Gasteiger partial charge on any atom is 0.152 e. The lowest BCUT2D eigenvalue weighted by Crippen LogP contribution is -2.49. The summed E-state index contributed by atoms with van der Waals surface area (Å²) in [6.07, 6.45) is 0. The third-order valence-electron chi connectivity index (χ3n) is 4.06. The number of halogens is 3. The molecule has 22 heavy (non-hydrogen) atoms. The van der Waals surface area contributed by atoms with Crippen LogP contribution in [0.15, 0.2) is 24.3 Å². The average Bonchev–Trinajstić information content (AvgIpc) is 2.47. The molecule has 1 fully saturated rings. The van der Waals surface area contributed by atoms with E-state index in [0.29, 0.717) is 11.4 Å². The molecule has 0 N–H and O–H groups in total. The quantitative estimate of drug-likeness (QED) is 0.842. The first kappa shape index (κ1) is 16.9. The van der Waals surface area contributed by atoms with Gasteiger partial charge in [-0.3, -0.25) is 4.90 Å². The van der Waals surface area contributed by atoms with E-state index in [2.05, 4.69) is 28.6 Å². The number of rotatable bonds is 2. The SMILES string of the molecule is CC(C)N1CCN(c2ccc3cc(F)cc(F)c3n2)CC1.Cl. The van der Waals surface area contributed by atoms with Crippen molar-refractivity contribution in [3.8, 4) is 0 Å². The highest BCUT2D eigenvalue weighted by Gasteiger charge is 2.20. The van der Waals surface area contributed by atoms with E-state index in [0.717, 1.165) is 38.1 Å². The zero-order chi connectivity index (χ0) is 15.0. The van der Waals surface area contributed by atoms with Gasteiger partial charge in [-0.1, -0.05) is 0 Å². The summed E-state index contributed by atoms with van der Waals surface area (Å²) < 4.78 is 27.0. The Bertz CT molecular complexity index is 655. The number of fused-ring (bicyclic) bond motifs is 1. The monoisotopic (exact) mass is 327 g/mol. The van der Waals surface area contributed by atoms with E-state index in [1.165, 1.54) is 6.07 Å². The fourth-order valence-electron chi connectivity index (χ4n) is 2.79. The first-order valence-electron chi connectivity index (χ1n) is 7.29. The molecular formula is C16H20ClF2N3. The van der Waals surface area contributed by atoms with Crippen LogP contribution in [0.5, 0.6) is 0 Å². The Labute approximate surface area is 135 Å². The third kappa shape index (κ3) is 3.31. The standard InChI is InChI=1S/C16H19F2N3.ClH/c1-11(2)20-5-7-21(8-6-20)15-4-3-12-9-13(17)10-14(18)16(12)19-15;/h3-4,9-11H,5-8H2,1-2H3;1H. The number of piperazine rings is 1. The van der Waals surface area contributed by atoms with Gasteiger partial charge >= 0.3 is 0 Å². The van der Waals surface area contributed by atoms with Crippen LogP contribution >= 0.6 is 12.4 Å². The van der Waals surface area contributed by atoms with E-state index in [9.17, 15) is 8.78 Å². The van der Waals surface area contributed by atoms with Crippen molar-refractivity contribution in [3.05, 3.63) is 35.9 Å². The largest absolute Gasteiger partial charge is 0.354 e. The van der Waals surface area contributed by atoms with Gasteiger partial charge in [-0.15, -0.1) is 12.4 Å². The summed E-state index contributed by atoms with van der Waals surface area (Å²) in [7, 11) is 0. The Morgan fingerprint density at radius 2 is 1.73 bits per heavy atom. The Hall–Kier alpha value is -1.46. The molecule has 1 aliphatic heterocycles. The molecule has 0 amide bonds. The normalized spacial score (nSPS) is 16.1. The van der Waals surface area contributed by atoms with Gasteiger partial charge < -0.3 is 4.90 Å². The van der Waals surface area contributed by atoms with Gasteiger partial charge in [0.2, 0.25) is 0 Å². The molecule has 0 bridgehead atoms. The first-order valence-corrected chi connectivity index (χ1v) is 7.29. The molecule has 0 radical (unpaired) electrons. The van der Waals surface area contributed by atoms with Crippen molar-refractivity contribution in [2.45, 2.75) is 19.9 Å². The van der Waals surface area contributed by atoms with Gasteiger partial charge in [0.25, 0.3) is 0 Å². The van der Waals surface area contributed by atoms with Crippen molar-refractivity contribution >= 4 is 29.1 Å². The Balaban J connectivity index is 0.00000176. The summed E-state index contributed by atoms with van der Waals surface area (Å²) >= 11 is 0. The van der Waals surface area contributed by atoms with E-state index in [1.54, 1.807) is 6.07 Å². The summed E-state index contributed by atoms with van der Waals surface area (Å²) in [6, 6.07) is 6.31. The molecule has 0 atom stereocenters. The van der Waals surface area contributed by atoms with Crippen LogP contribution in [0.1, 0.15) is 13.8 Å². The van der Waals surface area contributed by atoms with Gasteiger partial charge in [-0.05, 0) is 32.0 Å². The maximum atomic E-state index is 13.8. The van der Waals surface area contributed by atoms with Crippen LogP contribution < -0.4 is 4.90 Å². The van der Waals surface area contributed by atoms with Gasteiger partial charge in [0.05, 0.1) is 0 Å². The number of hydrogen-bond donors (Lipinski definition) is 0. The predicted molar refractivity (Wildman–Crippen MR) is 87.8 cm³/mol. The van der Waals surface area contributed by atoms with Gasteiger partial charge in [0, 0.05) is 43.7 Å². The zero-order valence-electron chi connectivity index (χ0n) is 12.7. The molecule has 1 aliphatic rings. The molecule has 0 saturated carbocycles. The lowest BCUT2D eigenvalue weighted by atomic mass is 10.2.